The zero-order valence-corrected chi connectivity index (χ0v) is 17.0. The summed E-state index contributed by atoms with van der Waals surface area (Å²) in [6, 6.07) is 7.74. The summed E-state index contributed by atoms with van der Waals surface area (Å²) in [5.74, 6) is 0.769. The molecule has 8 heteroatoms. The van der Waals surface area contributed by atoms with Crippen LogP contribution in [-0.4, -0.2) is 47.3 Å². The molecule has 1 fully saturated rings. The topological polar surface area (TPSA) is 78.4 Å². The Kier molecular flexibility index (Phi) is 6.41. The number of hydrogen-bond donors (Lipinski definition) is 1. The molecule has 1 aliphatic rings. The molecule has 2 amide bonds. The van der Waals surface area contributed by atoms with Crippen molar-refractivity contribution in [3.8, 4) is 0 Å². The predicted molar refractivity (Wildman–Crippen MR) is 109 cm³/mol. The van der Waals surface area contributed by atoms with Gasteiger partial charge in [-0.15, -0.1) is 0 Å². The molecule has 29 heavy (non-hydrogen) atoms. The van der Waals surface area contributed by atoms with E-state index >= 15 is 0 Å². The van der Waals surface area contributed by atoms with Crippen molar-refractivity contribution in [1.29, 1.82) is 0 Å². The highest BCUT2D eigenvalue weighted by atomic mass is 19.1. The summed E-state index contributed by atoms with van der Waals surface area (Å²) in [4.78, 5) is 37.0. The van der Waals surface area contributed by atoms with Crippen LogP contribution in [-0.2, 0) is 16.1 Å². The largest absolute Gasteiger partial charge is 0.373 e. The standard InChI is InChI=1S/C21H26FN5O2/c1-4-5-20(28)26(3)13-19-24-17(11-18(23-2)25-19)14-10-21(29)27(12-14)16-8-6-15(22)7-9-16/h6-9,11,14H,4-5,10,12-13H2,1-3H3,(H,23,24,25)/t14-/m1/s1. The van der Waals surface area contributed by atoms with E-state index in [1.807, 2.05) is 13.0 Å². The maximum atomic E-state index is 13.2. The second-order valence-corrected chi connectivity index (χ2v) is 7.23. The first-order valence-electron chi connectivity index (χ1n) is 9.76. The SMILES string of the molecule is CCCC(=O)N(C)Cc1nc(NC)cc([C@@H]2CC(=O)N(c3ccc(F)cc3)C2)n1. The average molecular weight is 399 g/mol. The lowest BCUT2D eigenvalue weighted by atomic mass is 10.0. The summed E-state index contributed by atoms with van der Waals surface area (Å²) in [5, 5.41) is 3.02. The summed E-state index contributed by atoms with van der Waals surface area (Å²) in [5.41, 5.74) is 1.43. The Morgan fingerprint density at radius 3 is 2.69 bits per heavy atom. The van der Waals surface area contributed by atoms with Crippen molar-refractivity contribution < 1.29 is 14.0 Å². The highest BCUT2D eigenvalue weighted by molar-refractivity contribution is 5.96. The van der Waals surface area contributed by atoms with Gasteiger partial charge in [-0.1, -0.05) is 6.92 Å². The summed E-state index contributed by atoms with van der Waals surface area (Å²) in [6.45, 7) is 2.74. The van der Waals surface area contributed by atoms with Gasteiger partial charge < -0.3 is 15.1 Å². The summed E-state index contributed by atoms with van der Waals surface area (Å²) in [7, 11) is 3.51. The Morgan fingerprint density at radius 1 is 1.31 bits per heavy atom. The van der Waals surface area contributed by atoms with Crippen molar-refractivity contribution in [3.05, 3.63) is 47.7 Å². The van der Waals surface area contributed by atoms with Gasteiger partial charge in [-0.05, 0) is 30.7 Å². The molecule has 1 aromatic heterocycles. The third-order valence-electron chi connectivity index (χ3n) is 5.00. The molecule has 1 aliphatic heterocycles. The van der Waals surface area contributed by atoms with Gasteiger partial charge >= 0.3 is 0 Å². The van der Waals surface area contributed by atoms with Crippen molar-refractivity contribution in [2.24, 2.45) is 0 Å². The van der Waals surface area contributed by atoms with Gasteiger partial charge in [-0.3, -0.25) is 9.59 Å². The molecular weight excluding hydrogens is 373 g/mol. The lowest BCUT2D eigenvalue weighted by Gasteiger charge is -2.19. The molecule has 0 spiro atoms. The van der Waals surface area contributed by atoms with Gasteiger partial charge in [0.1, 0.15) is 17.5 Å². The molecule has 0 radical (unpaired) electrons. The third-order valence-corrected chi connectivity index (χ3v) is 5.00. The number of anilines is 2. The molecule has 7 nitrogen and oxygen atoms in total. The van der Waals surface area contributed by atoms with E-state index in [0.717, 1.165) is 12.1 Å². The lowest BCUT2D eigenvalue weighted by Crippen LogP contribution is -2.27. The van der Waals surface area contributed by atoms with E-state index in [-0.39, 0.29) is 23.5 Å². The summed E-state index contributed by atoms with van der Waals surface area (Å²) in [6.07, 6.45) is 1.59. The molecular formula is C21H26FN5O2. The van der Waals surface area contributed by atoms with Gasteiger partial charge in [0.2, 0.25) is 11.8 Å². The highest BCUT2D eigenvalue weighted by Gasteiger charge is 2.33. The Hall–Kier alpha value is -3.03. The molecule has 1 N–H and O–H groups in total. The average Bonchev–Trinajstić information content (AvgIpc) is 3.10. The van der Waals surface area contributed by atoms with E-state index < -0.39 is 0 Å². The van der Waals surface area contributed by atoms with E-state index in [1.54, 1.807) is 36.0 Å². The van der Waals surface area contributed by atoms with Crippen LogP contribution in [0, 0.1) is 5.82 Å². The van der Waals surface area contributed by atoms with Crippen molar-refractivity contribution in [2.75, 3.05) is 30.9 Å². The number of nitrogens with one attached hydrogen (secondary N) is 1. The van der Waals surface area contributed by atoms with E-state index in [4.69, 9.17) is 0 Å². The minimum atomic E-state index is -0.335. The van der Waals surface area contributed by atoms with Crippen molar-refractivity contribution in [1.82, 2.24) is 14.9 Å². The molecule has 154 valence electrons. The summed E-state index contributed by atoms with van der Waals surface area (Å²) < 4.78 is 13.2. The van der Waals surface area contributed by atoms with Crippen LogP contribution in [0.2, 0.25) is 0 Å². The molecule has 1 aromatic carbocycles. The van der Waals surface area contributed by atoms with Gasteiger partial charge in [-0.25, -0.2) is 14.4 Å². The first kappa shape index (κ1) is 20.7. The van der Waals surface area contributed by atoms with Crippen LogP contribution in [0.15, 0.2) is 30.3 Å². The quantitative estimate of drug-likeness (QED) is 0.775. The van der Waals surface area contributed by atoms with E-state index in [0.29, 0.717) is 43.3 Å². The first-order valence-corrected chi connectivity index (χ1v) is 9.76. The van der Waals surface area contributed by atoms with Crippen LogP contribution in [0.4, 0.5) is 15.9 Å². The molecule has 0 unspecified atom stereocenters. The third kappa shape index (κ3) is 4.88. The van der Waals surface area contributed by atoms with Crippen LogP contribution in [0.1, 0.15) is 43.6 Å². The minimum absolute atomic E-state index is 0.0250. The second-order valence-electron chi connectivity index (χ2n) is 7.23. The molecule has 1 saturated heterocycles. The number of rotatable bonds is 7. The van der Waals surface area contributed by atoms with Crippen molar-refractivity contribution >= 4 is 23.3 Å². The molecule has 2 aromatic rings. The van der Waals surface area contributed by atoms with Gasteiger partial charge in [0.15, 0.2) is 0 Å². The number of nitrogens with zero attached hydrogens (tertiary/aromatic N) is 4. The Morgan fingerprint density at radius 2 is 2.03 bits per heavy atom. The van der Waals surface area contributed by atoms with E-state index in [9.17, 15) is 14.0 Å². The Labute approximate surface area is 169 Å². The summed E-state index contributed by atoms with van der Waals surface area (Å²) >= 11 is 0. The lowest BCUT2D eigenvalue weighted by molar-refractivity contribution is -0.130. The fourth-order valence-corrected chi connectivity index (χ4v) is 3.41. The monoisotopic (exact) mass is 399 g/mol. The van der Waals surface area contributed by atoms with Crippen molar-refractivity contribution in [3.63, 3.8) is 0 Å². The minimum Gasteiger partial charge on any atom is -0.373 e. The Balaban J connectivity index is 1.80. The zero-order chi connectivity index (χ0) is 21.0. The number of amides is 2. The number of carbonyl (C=O) groups is 2. The van der Waals surface area contributed by atoms with Crippen LogP contribution < -0.4 is 10.2 Å². The van der Waals surface area contributed by atoms with Gasteiger partial charge in [0.25, 0.3) is 0 Å². The van der Waals surface area contributed by atoms with Crippen molar-refractivity contribution in [2.45, 2.75) is 38.6 Å². The number of carbonyl (C=O) groups excluding carboxylic acids is 2. The van der Waals surface area contributed by atoms with Gasteiger partial charge in [0.05, 0.1) is 12.2 Å². The molecule has 0 bridgehead atoms. The maximum Gasteiger partial charge on any atom is 0.227 e. The zero-order valence-electron chi connectivity index (χ0n) is 17.0. The molecule has 0 saturated carbocycles. The second kappa shape index (κ2) is 8.98. The van der Waals surface area contributed by atoms with Crippen LogP contribution in [0.5, 0.6) is 0 Å². The van der Waals surface area contributed by atoms with E-state index in [2.05, 4.69) is 15.3 Å². The fourth-order valence-electron chi connectivity index (χ4n) is 3.41. The number of hydrogen-bond acceptors (Lipinski definition) is 5. The smallest absolute Gasteiger partial charge is 0.227 e. The normalized spacial score (nSPS) is 16.2. The predicted octanol–water partition coefficient (Wildman–Crippen LogP) is 2.94. The first-order chi connectivity index (χ1) is 13.9. The van der Waals surface area contributed by atoms with Gasteiger partial charge in [-0.2, -0.15) is 0 Å². The maximum absolute atomic E-state index is 13.2. The number of benzene rings is 1. The highest BCUT2D eigenvalue weighted by Crippen LogP contribution is 2.31. The molecule has 0 aliphatic carbocycles. The van der Waals surface area contributed by atoms with Gasteiger partial charge in [0, 0.05) is 51.2 Å². The number of halogens is 1. The fraction of sp³-hybridized carbons (Fsp3) is 0.429. The molecule has 1 atom stereocenters. The number of aromatic nitrogens is 2. The Bertz CT molecular complexity index is 887. The molecule has 2 heterocycles. The van der Waals surface area contributed by atoms with E-state index in [1.165, 1.54) is 12.1 Å². The molecule has 3 rings (SSSR count). The van der Waals surface area contributed by atoms with Crippen LogP contribution in [0.3, 0.4) is 0 Å². The van der Waals surface area contributed by atoms with Crippen LogP contribution in [0.25, 0.3) is 0 Å². The van der Waals surface area contributed by atoms with Crippen LogP contribution >= 0.6 is 0 Å².